The van der Waals surface area contributed by atoms with Crippen molar-refractivity contribution in [3.8, 4) is 11.3 Å². The summed E-state index contributed by atoms with van der Waals surface area (Å²) < 4.78 is 42.7. The number of halogens is 3. The fraction of sp³-hybridized carbons (Fsp3) is 0.281. The minimum atomic E-state index is -4.64. The Balaban J connectivity index is 1.32. The zero-order chi connectivity index (χ0) is 31.8. The lowest BCUT2D eigenvalue weighted by Gasteiger charge is -2.36. The van der Waals surface area contributed by atoms with Crippen LogP contribution >= 0.6 is 0 Å². The maximum Gasteiger partial charge on any atom is 0.421 e. The number of hydrogen-bond acceptors (Lipinski definition) is 8. The van der Waals surface area contributed by atoms with E-state index < -0.39 is 11.7 Å². The number of carbonyl (C=O) groups excluding carboxylic acids is 1. The van der Waals surface area contributed by atoms with E-state index in [4.69, 9.17) is 0 Å². The van der Waals surface area contributed by atoms with Crippen molar-refractivity contribution in [1.82, 2.24) is 29.9 Å². The third kappa shape index (κ3) is 6.43. The van der Waals surface area contributed by atoms with Crippen molar-refractivity contribution in [2.75, 3.05) is 22.5 Å². The van der Waals surface area contributed by atoms with Gasteiger partial charge >= 0.3 is 6.18 Å². The van der Waals surface area contributed by atoms with Crippen molar-refractivity contribution < 1.29 is 18.0 Å². The van der Waals surface area contributed by atoms with Gasteiger partial charge in [0.1, 0.15) is 5.56 Å². The van der Waals surface area contributed by atoms with Gasteiger partial charge in [-0.3, -0.25) is 9.78 Å². The summed E-state index contributed by atoms with van der Waals surface area (Å²) in [5, 5.41) is 18.3. The molecule has 5 aromatic rings. The van der Waals surface area contributed by atoms with Crippen LogP contribution in [0, 0.1) is 0 Å². The molecule has 10 nitrogen and oxygen atoms in total. The second kappa shape index (κ2) is 11.8. The number of anilines is 3. The fourth-order valence-electron chi connectivity index (χ4n) is 5.43. The van der Waals surface area contributed by atoms with Crippen LogP contribution < -0.4 is 21.3 Å². The van der Waals surface area contributed by atoms with E-state index in [0.29, 0.717) is 17.9 Å². The normalized spacial score (nSPS) is 16.4. The number of fused-ring (bicyclic) bond motifs is 2. The van der Waals surface area contributed by atoms with Crippen LogP contribution in [0.4, 0.5) is 30.8 Å². The zero-order valence-electron chi connectivity index (χ0n) is 24.7. The highest BCUT2D eigenvalue weighted by Crippen LogP contribution is 2.34. The molecule has 232 valence electrons. The standard InChI is InChI=1S/C32H32F3N9O/c1-4-26(45)40-21-9-10-24-19(15-21)12-14-36-27(24)23-8-6-5-7-20(23)16-37-30-43-29(41-22-11-13-31(2,3)38-17-22)42-28-25(32(33,34)35)18-39-44(28)30/h4-10,12,14-15,18,22,38H,1,11,13,16-17H2,2-3H3,(H,40,45)(H2,37,41,42,43). The Labute approximate surface area is 257 Å². The molecule has 1 fully saturated rings. The lowest BCUT2D eigenvalue weighted by Crippen LogP contribution is -2.50. The van der Waals surface area contributed by atoms with Crippen LogP contribution in [0.25, 0.3) is 27.7 Å². The Bertz CT molecular complexity index is 1890. The predicted octanol–water partition coefficient (Wildman–Crippen LogP) is 6.04. The molecule has 0 aliphatic carbocycles. The van der Waals surface area contributed by atoms with Crippen molar-refractivity contribution in [2.24, 2.45) is 0 Å². The Kier molecular flexibility index (Phi) is 7.87. The maximum atomic E-state index is 13.9. The largest absolute Gasteiger partial charge is 0.421 e. The van der Waals surface area contributed by atoms with E-state index in [0.717, 1.165) is 45.5 Å². The average molecular weight is 616 g/mol. The van der Waals surface area contributed by atoms with Gasteiger partial charge in [0.2, 0.25) is 17.8 Å². The summed E-state index contributed by atoms with van der Waals surface area (Å²) in [6, 6.07) is 15.0. The van der Waals surface area contributed by atoms with Gasteiger partial charge in [-0.25, -0.2) is 0 Å². The number of piperidine rings is 1. The summed E-state index contributed by atoms with van der Waals surface area (Å²) in [6.45, 7) is 8.56. The summed E-state index contributed by atoms with van der Waals surface area (Å²) >= 11 is 0. The number of hydrogen-bond donors (Lipinski definition) is 4. The first kappa shape index (κ1) is 30.0. The van der Waals surface area contributed by atoms with Gasteiger partial charge in [0.05, 0.1) is 11.9 Å². The van der Waals surface area contributed by atoms with E-state index in [1.165, 1.54) is 6.08 Å². The number of carbonyl (C=O) groups is 1. The molecule has 2 aromatic carbocycles. The van der Waals surface area contributed by atoms with Gasteiger partial charge in [-0.15, -0.1) is 0 Å². The van der Waals surface area contributed by atoms with Crippen LogP contribution in [0.3, 0.4) is 0 Å². The molecule has 45 heavy (non-hydrogen) atoms. The van der Waals surface area contributed by atoms with E-state index >= 15 is 0 Å². The summed E-state index contributed by atoms with van der Waals surface area (Å²) in [5.74, 6) is -0.104. The van der Waals surface area contributed by atoms with E-state index in [1.54, 1.807) is 12.3 Å². The van der Waals surface area contributed by atoms with Crippen LogP contribution in [0.15, 0.2) is 73.6 Å². The van der Waals surface area contributed by atoms with Crippen molar-refractivity contribution in [3.05, 3.63) is 84.7 Å². The molecule has 13 heteroatoms. The minimum absolute atomic E-state index is 0.0132. The number of benzene rings is 2. The molecule has 0 bridgehead atoms. The third-order valence-corrected chi connectivity index (χ3v) is 7.88. The van der Waals surface area contributed by atoms with E-state index in [9.17, 15) is 18.0 Å². The number of alkyl halides is 3. The molecule has 1 unspecified atom stereocenters. The first-order valence-corrected chi connectivity index (χ1v) is 14.5. The summed E-state index contributed by atoms with van der Waals surface area (Å²) in [5.41, 5.74) is 1.72. The third-order valence-electron chi connectivity index (χ3n) is 7.88. The van der Waals surface area contributed by atoms with Crippen molar-refractivity contribution >= 4 is 39.9 Å². The molecule has 6 rings (SSSR count). The molecule has 1 amide bonds. The minimum Gasteiger partial charge on any atom is -0.350 e. The fourth-order valence-corrected chi connectivity index (χ4v) is 5.43. The lowest BCUT2D eigenvalue weighted by molar-refractivity contribution is -0.136. The van der Waals surface area contributed by atoms with E-state index in [-0.39, 0.29) is 41.6 Å². The number of aromatic nitrogens is 5. The van der Waals surface area contributed by atoms with Gasteiger partial charge in [0.15, 0.2) is 5.65 Å². The molecule has 3 aromatic heterocycles. The Morgan fingerprint density at radius 2 is 2.00 bits per heavy atom. The van der Waals surface area contributed by atoms with Gasteiger partial charge in [-0.1, -0.05) is 36.9 Å². The highest BCUT2D eigenvalue weighted by atomic mass is 19.4. The number of rotatable bonds is 8. The number of pyridine rings is 1. The Morgan fingerprint density at radius 1 is 1.18 bits per heavy atom. The van der Waals surface area contributed by atoms with Gasteiger partial charge in [-0.05, 0) is 61.9 Å². The SMILES string of the molecule is C=CC(=O)Nc1ccc2c(-c3ccccc3CNc3nc(NC4CCC(C)(C)NC4)nc4c(C(F)(F)F)cnn34)nccc2c1. The predicted molar refractivity (Wildman–Crippen MR) is 168 cm³/mol. The first-order chi connectivity index (χ1) is 21.5. The zero-order valence-corrected chi connectivity index (χ0v) is 24.7. The van der Waals surface area contributed by atoms with E-state index in [1.807, 2.05) is 42.5 Å². The molecule has 0 spiro atoms. The molecular weight excluding hydrogens is 583 g/mol. The van der Waals surface area contributed by atoms with Crippen molar-refractivity contribution in [2.45, 2.75) is 51.0 Å². The molecule has 1 saturated heterocycles. The van der Waals surface area contributed by atoms with Crippen LogP contribution in [0.2, 0.25) is 0 Å². The monoisotopic (exact) mass is 615 g/mol. The molecule has 0 radical (unpaired) electrons. The second-order valence-corrected chi connectivity index (χ2v) is 11.6. The highest BCUT2D eigenvalue weighted by molar-refractivity contribution is 6.02. The Morgan fingerprint density at radius 3 is 2.76 bits per heavy atom. The molecule has 1 aliphatic heterocycles. The van der Waals surface area contributed by atoms with Gasteiger partial charge in [0, 0.05) is 47.5 Å². The van der Waals surface area contributed by atoms with Gasteiger partial charge in [-0.2, -0.15) is 32.8 Å². The van der Waals surface area contributed by atoms with Gasteiger partial charge in [0.25, 0.3) is 0 Å². The molecule has 1 atom stereocenters. The van der Waals surface area contributed by atoms with Crippen LogP contribution in [-0.4, -0.2) is 48.6 Å². The van der Waals surface area contributed by atoms with Crippen LogP contribution in [0.1, 0.15) is 37.8 Å². The Hall–Kier alpha value is -5.04. The van der Waals surface area contributed by atoms with E-state index in [2.05, 4.69) is 61.7 Å². The smallest absolute Gasteiger partial charge is 0.350 e. The van der Waals surface area contributed by atoms with Crippen LogP contribution in [-0.2, 0) is 17.5 Å². The average Bonchev–Trinajstić information content (AvgIpc) is 3.46. The summed E-state index contributed by atoms with van der Waals surface area (Å²) in [6.07, 6.45) is 0.733. The van der Waals surface area contributed by atoms with Crippen molar-refractivity contribution in [1.29, 1.82) is 0 Å². The topological polar surface area (TPSA) is 121 Å². The quantitative estimate of drug-likeness (QED) is 0.156. The number of amides is 1. The first-order valence-electron chi connectivity index (χ1n) is 14.5. The molecular formula is C32H32F3N9O. The number of nitrogens with zero attached hydrogens (tertiary/aromatic N) is 5. The molecule has 1 aliphatic rings. The van der Waals surface area contributed by atoms with Gasteiger partial charge < -0.3 is 21.3 Å². The second-order valence-electron chi connectivity index (χ2n) is 11.6. The summed E-state index contributed by atoms with van der Waals surface area (Å²) in [7, 11) is 0. The maximum absolute atomic E-state index is 13.9. The summed E-state index contributed by atoms with van der Waals surface area (Å²) in [4.78, 5) is 25.2. The lowest BCUT2D eigenvalue weighted by atomic mass is 9.91. The highest BCUT2D eigenvalue weighted by Gasteiger charge is 2.36. The molecule has 0 saturated carbocycles. The van der Waals surface area contributed by atoms with Crippen LogP contribution in [0.5, 0.6) is 0 Å². The number of nitrogens with one attached hydrogen (secondary N) is 4. The molecule has 4 N–H and O–H groups in total. The molecule has 4 heterocycles. The van der Waals surface area contributed by atoms with Crippen molar-refractivity contribution in [3.63, 3.8) is 0 Å².